The minimum Gasteiger partial charge on any atom is -0.497 e. The quantitative estimate of drug-likeness (QED) is 0.228. The number of hydrogen-bond acceptors (Lipinski definition) is 5. The number of methoxy groups -OCH3 is 1. The second-order valence-corrected chi connectivity index (χ2v) is 9.90. The van der Waals surface area contributed by atoms with Crippen LogP contribution < -0.4 is 20.9 Å². The van der Waals surface area contributed by atoms with Crippen LogP contribution in [0.4, 0.5) is 13.2 Å². The predicted octanol–water partition coefficient (Wildman–Crippen LogP) is 6.42. The Morgan fingerprint density at radius 2 is 1.68 bits per heavy atom. The van der Waals surface area contributed by atoms with Gasteiger partial charge in [-0.05, 0) is 83.6 Å². The molecule has 4 aromatic rings. The van der Waals surface area contributed by atoms with E-state index in [9.17, 15) is 13.2 Å². The molecule has 1 aromatic heterocycles. The summed E-state index contributed by atoms with van der Waals surface area (Å²) in [5, 5.41) is 1.03. The predicted molar refractivity (Wildman–Crippen MR) is 161 cm³/mol. The van der Waals surface area contributed by atoms with E-state index in [-0.39, 0.29) is 37.1 Å². The first-order chi connectivity index (χ1) is 18.8. The number of ether oxygens (including phenoxy) is 2. The molecule has 0 spiro atoms. The van der Waals surface area contributed by atoms with Crippen molar-refractivity contribution in [2.24, 2.45) is 11.5 Å². The second kappa shape index (κ2) is 13.8. The summed E-state index contributed by atoms with van der Waals surface area (Å²) in [4.78, 5) is 2.43. The highest BCUT2D eigenvalue weighted by Crippen LogP contribution is 2.36. The third kappa shape index (κ3) is 7.47. The van der Waals surface area contributed by atoms with Crippen molar-refractivity contribution in [2.45, 2.75) is 45.4 Å². The van der Waals surface area contributed by atoms with E-state index in [1.54, 1.807) is 13.2 Å². The van der Waals surface area contributed by atoms with Gasteiger partial charge in [0.25, 0.3) is 0 Å². The Kier molecular flexibility index (Phi) is 11.0. The highest BCUT2D eigenvalue weighted by atomic mass is 35.5. The summed E-state index contributed by atoms with van der Waals surface area (Å²) in [6.07, 6.45) is -0.943. The Bertz CT molecular complexity index is 1480. The van der Waals surface area contributed by atoms with Gasteiger partial charge in [0, 0.05) is 55.4 Å². The minimum atomic E-state index is -4.76. The maximum Gasteiger partial charge on any atom is 0.573 e. The van der Waals surface area contributed by atoms with Crippen LogP contribution in [0.5, 0.6) is 11.5 Å². The fourth-order valence-corrected chi connectivity index (χ4v) is 5.41. The van der Waals surface area contributed by atoms with Crippen molar-refractivity contribution in [3.05, 3.63) is 83.0 Å². The number of nitrogens with two attached hydrogens (primary N) is 2. The average Bonchev–Trinajstić information content (AvgIpc) is 3.28. The summed E-state index contributed by atoms with van der Waals surface area (Å²) in [5.41, 5.74) is 18.9. The number of benzene rings is 3. The molecule has 0 aliphatic carbocycles. The molecule has 0 bridgehead atoms. The summed E-state index contributed by atoms with van der Waals surface area (Å²) in [5.74, 6) is 0.608. The highest BCUT2D eigenvalue weighted by Gasteiger charge is 2.31. The van der Waals surface area contributed by atoms with Crippen LogP contribution in [0.3, 0.4) is 0 Å². The number of aromatic nitrogens is 1. The summed E-state index contributed by atoms with van der Waals surface area (Å²) >= 11 is 0. The van der Waals surface area contributed by atoms with E-state index in [0.29, 0.717) is 12.1 Å². The molecular formula is C30H35Cl2F3N4O2. The summed E-state index contributed by atoms with van der Waals surface area (Å²) in [6.45, 7) is 3.98. The number of aryl methyl sites for hydroxylation is 1. The molecule has 0 unspecified atom stereocenters. The lowest BCUT2D eigenvalue weighted by Crippen LogP contribution is -2.30. The van der Waals surface area contributed by atoms with Crippen molar-refractivity contribution in [2.75, 3.05) is 20.2 Å². The molecule has 0 amide bonds. The molecule has 0 saturated carbocycles. The first-order valence-electron chi connectivity index (χ1n) is 13.1. The van der Waals surface area contributed by atoms with Gasteiger partial charge in [-0.3, -0.25) is 4.90 Å². The molecule has 0 fully saturated rings. The van der Waals surface area contributed by atoms with Gasteiger partial charge in [0.15, 0.2) is 0 Å². The van der Waals surface area contributed by atoms with Crippen LogP contribution in [-0.4, -0.2) is 36.0 Å². The molecule has 6 nitrogen and oxygen atoms in total. The monoisotopic (exact) mass is 610 g/mol. The number of fused-ring (bicyclic) bond motifs is 2. The number of rotatable bonds is 9. The third-order valence-corrected chi connectivity index (χ3v) is 7.28. The van der Waals surface area contributed by atoms with Crippen molar-refractivity contribution >= 4 is 35.7 Å². The van der Waals surface area contributed by atoms with Crippen LogP contribution in [0.1, 0.15) is 28.7 Å². The highest BCUT2D eigenvalue weighted by molar-refractivity contribution is 5.97. The molecule has 4 N–H and O–H groups in total. The van der Waals surface area contributed by atoms with Gasteiger partial charge in [-0.1, -0.05) is 18.2 Å². The van der Waals surface area contributed by atoms with Crippen molar-refractivity contribution in [1.82, 2.24) is 9.47 Å². The van der Waals surface area contributed by atoms with Gasteiger partial charge < -0.3 is 25.5 Å². The van der Waals surface area contributed by atoms with Crippen molar-refractivity contribution in [3.63, 3.8) is 0 Å². The van der Waals surface area contributed by atoms with E-state index in [1.165, 1.54) is 28.8 Å². The maximum absolute atomic E-state index is 12.8. The molecule has 0 radical (unpaired) electrons. The molecule has 0 atom stereocenters. The Hall–Kier alpha value is -2.95. The lowest BCUT2D eigenvalue weighted by molar-refractivity contribution is -0.274. The van der Waals surface area contributed by atoms with Gasteiger partial charge in [0.05, 0.1) is 7.11 Å². The Labute approximate surface area is 250 Å². The molecule has 222 valence electrons. The number of alkyl halides is 3. The van der Waals surface area contributed by atoms with Crippen molar-refractivity contribution < 1.29 is 22.6 Å². The lowest BCUT2D eigenvalue weighted by Gasteiger charge is -2.29. The minimum absolute atomic E-state index is 0. The molecule has 11 heteroatoms. The molecule has 0 saturated heterocycles. The zero-order valence-corrected chi connectivity index (χ0v) is 24.4. The van der Waals surface area contributed by atoms with Crippen LogP contribution in [0.25, 0.3) is 22.0 Å². The van der Waals surface area contributed by atoms with Gasteiger partial charge in [-0.25, -0.2) is 0 Å². The van der Waals surface area contributed by atoms with E-state index >= 15 is 0 Å². The Balaban J connectivity index is 0.00000231. The van der Waals surface area contributed by atoms with Gasteiger partial charge >= 0.3 is 6.36 Å². The summed E-state index contributed by atoms with van der Waals surface area (Å²) < 4.78 is 50.1. The molecule has 1 aliphatic heterocycles. The molecule has 1 aliphatic rings. The second-order valence-electron chi connectivity index (χ2n) is 9.90. The van der Waals surface area contributed by atoms with Crippen LogP contribution in [-0.2, 0) is 32.6 Å². The molecule has 41 heavy (non-hydrogen) atoms. The van der Waals surface area contributed by atoms with E-state index in [2.05, 4.69) is 44.5 Å². The van der Waals surface area contributed by atoms with Gasteiger partial charge in [-0.2, -0.15) is 0 Å². The third-order valence-electron chi connectivity index (χ3n) is 7.28. The molecular weight excluding hydrogens is 576 g/mol. The largest absolute Gasteiger partial charge is 0.573 e. The number of hydrogen-bond donors (Lipinski definition) is 2. The first kappa shape index (κ1) is 32.6. The van der Waals surface area contributed by atoms with Gasteiger partial charge in [-0.15, -0.1) is 38.0 Å². The van der Waals surface area contributed by atoms with Gasteiger partial charge in [0.2, 0.25) is 0 Å². The molecule has 2 heterocycles. The SMILES string of the molecule is COc1ccc2c(c1)CCN(Cc1ccc3c(c1)c(-c1ccc(OC(F)(F)F)cc1CN)cn3CCCN)C2.Cl.Cl. The fraction of sp³-hybridized carbons (Fsp3) is 0.333. The normalized spacial score (nSPS) is 13.3. The Morgan fingerprint density at radius 3 is 2.39 bits per heavy atom. The van der Waals surface area contributed by atoms with Crippen LogP contribution >= 0.6 is 24.8 Å². The first-order valence-corrected chi connectivity index (χ1v) is 13.1. The van der Waals surface area contributed by atoms with E-state index in [4.69, 9.17) is 16.2 Å². The maximum atomic E-state index is 12.8. The fourth-order valence-electron chi connectivity index (χ4n) is 5.41. The van der Waals surface area contributed by atoms with Crippen LogP contribution in [0.2, 0.25) is 0 Å². The lowest BCUT2D eigenvalue weighted by atomic mass is 9.97. The van der Waals surface area contributed by atoms with E-state index in [1.807, 2.05) is 12.3 Å². The summed E-state index contributed by atoms with van der Waals surface area (Å²) in [7, 11) is 1.69. The number of nitrogens with zero attached hydrogens (tertiary/aromatic N) is 2. The standard InChI is InChI=1S/C30H33F3N4O2.2ClH/c1-38-24-5-4-22-18-36(12-9-21(22)14-24)17-20-3-8-29-27(13-20)28(19-37(29)11-2-10-34)26-7-6-25(15-23(26)16-35)39-30(31,32)33;;/h3-8,13-15,19H,2,9-12,16-18,34-35H2,1H3;2*1H. The van der Waals surface area contributed by atoms with Gasteiger partial charge in [0.1, 0.15) is 11.5 Å². The number of halogens is 5. The topological polar surface area (TPSA) is 78.7 Å². The summed E-state index contributed by atoms with van der Waals surface area (Å²) in [6, 6.07) is 17.1. The van der Waals surface area contributed by atoms with Crippen LogP contribution in [0, 0.1) is 0 Å². The average molecular weight is 612 g/mol. The molecule has 5 rings (SSSR count). The van der Waals surface area contributed by atoms with Crippen molar-refractivity contribution in [1.29, 1.82) is 0 Å². The van der Waals surface area contributed by atoms with Crippen molar-refractivity contribution in [3.8, 4) is 22.6 Å². The van der Waals surface area contributed by atoms with E-state index < -0.39 is 6.36 Å². The van der Waals surface area contributed by atoms with Crippen LogP contribution in [0.15, 0.2) is 60.8 Å². The Morgan fingerprint density at radius 1 is 0.902 bits per heavy atom. The zero-order chi connectivity index (χ0) is 27.6. The smallest absolute Gasteiger partial charge is 0.497 e. The molecule has 3 aromatic carbocycles. The zero-order valence-electron chi connectivity index (χ0n) is 22.7. The van der Waals surface area contributed by atoms with E-state index in [0.717, 1.165) is 66.8 Å².